The number of nitrogens with two attached hydrogens (primary N) is 1. The first-order valence-corrected chi connectivity index (χ1v) is 3.33. The molecule has 0 aliphatic rings. The number of hydrogen-bond acceptors (Lipinski definition) is 4. The number of imidazole rings is 1. The van der Waals surface area contributed by atoms with Crippen molar-refractivity contribution < 1.29 is 10.3 Å². The van der Waals surface area contributed by atoms with Gasteiger partial charge in [-0.25, -0.2) is 4.98 Å². The van der Waals surface area contributed by atoms with Crippen molar-refractivity contribution >= 4 is 0 Å². The number of nitrogens with zero attached hydrogens (tertiary/aromatic N) is 2. The molecule has 0 aromatic carbocycles. The summed E-state index contributed by atoms with van der Waals surface area (Å²) in [6.07, 6.45) is 2.50. The second-order valence-electron chi connectivity index (χ2n) is 2.28. The van der Waals surface area contributed by atoms with Gasteiger partial charge in [0, 0.05) is 19.2 Å². The van der Waals surface area contributed by atoms with E-state index >= 15 is 0 Å². The largest absolute Gasteiger partial charge is 0.427 e. The number of aliphatic hydroxyl groups excluding tert-OH is 1. The summed E-state index contributed by atoms with van der Waals surface area (Å²) in [7, 11) is 0. The highest BCUT2D eigenvalue weighted by Gasteiger charge is 2.07. The molecule has 0 radical (unpaired) electrons. The maximum atomic E-state index is 9.06. The van der Waals surface area contributed by atoms with Crippen molar-refractivity contribution in [3.63, 3.8) is 0 Å². The van der Waals surface area contributed by atoms with Gasteiger partial charge in [0.25, 0.3) is 0 Å². The van der Waals surface area contributed by atoms with E-state index in [1.807, 2.05) is 0 Å². The van der Waals surface area contributed by atoms with Gasteiger partial charge in [-0.05, 0) is 0 Å². The highest BCUT2D eigenvalue weighted by molar-refractivity contribution is 4.91. The van der Waals surface area contributed by atoms with Crippen LogP contribution < -0.4 is 5.73 Å². The number of rotatable bonds is 3. The summed E-state index contributed by atoms with van der Waals surface area (Å²) in [6.45, 7) is 0.173. The molecule has 1 rings (SSSR count). The maximum absolute atomic E-state index is 9.06. The first-order chi connectivity index (χ1) is 5.24. The van der Waals surface area contributed by atoms with Crippen LogP contribution in [0.1, 0.15) is 5.82 Å². The van der Waals surface area contributed by atoms with Crippen LogP contribution in [0.25, 0.3) is 0 Å². The molecule has 1 atom stereocenters. The summed E-state index contributed by atoms with van der Waals surface area (Å²) < 4.78 is 0.874. The summed E-state index contributed by atoms with van der Waals surface area (Å²) >= 11 is 0. The molecule has 0 saturated carbocycles. The SMILES string of the molecule is NCC(O)Cc1nccn1O. The molecule has 1 heterocycles. The van der Waals surface area contributed by atoms with E-state index in [4.69, 9.17) is 16.0 Å². The van der Waals surface area contributed by atoms with Gasteiger partial charge in [0.05, 0.1) is 12.3 Å². The third-order valence-corrected chi connectivity index (χ3v) is 1.39. The maximum Gasteiger partial charge on any atom is 0.147 e. The van der Waals surface area contributed by atoms with E-state index in [1.165, 1.54) is 12.4 Å². The molecule has 5 heteroatoms. The molecule has 4 N–H and O–H groups in total. The minimum atomic E-state index is -0.636. The van der Waals surface area contributed by atoms with Crippen LogP contribution in [0.2, 0.25) is 0 Å². The predicted molar refractivity (Wildman–Crippen MR) is 38.2 cm³/mol. The Hall–Kier alpha value is -1.07. The van der Waals surface area contributed by atoms with Crippen LogP contribution in [0.15, 0.2) is 12.4 Å². The monoisotopic (exact) mass is 157 g/mol. The molecule has 1 unspecified atom stereocenters. The highest BCUT2D eigenvalue weighted by atomic mass is 16.5. The number of aliphatic hydroxyl groups is 1. The Labute approximate surface area is 64.0 Å². The minimum absolute atomic E-state index is 0.173. The Morgan fingerprint density at radius 1 is 1.73 bits per heavy atom. The Morgan fingerprint density at radius 3 is 2.91 bits per heavy atom. The predicted octanol–water partition coefficient (Wildman–Crippen LogP) is -1.02. The second kappa shape index (κ2) is 3.36. The second-order valence-corrected chi connectivity index (χ2v) is 2.28. The summed E-state index contributed by atoms with van der Waals surface area (Å²) in [5.41, 5.74) is 5.17. The van der Waals surface area contributed by atoms with Crippen LogP contribution >= 0.6 is 0 Å². The Balaban J connectivity index is 2.56. The quantitative estimate of drug-likeness (QED) is 0.490. The zero-order chi connectivity index (χ0) is 8.27. The van der Waals surface area contributed by atoms with Crippen molar-refractivity contribution in [1.29, 1.82) is 0 Å². The van der Waals surface area contributed by atoms with Gasteiger partial charge in [-0.3, -0.25) is 0 Å². The van der Waals surface area contributed by atoms with E-state index < -0.39 is 6.10 Å². The van der Waals surface area contributed by atoms with E-state index in [-0.39, 0.29) is 13.0 Å². The van der Waals surface area contributed by atoms with Crippen molar-refractivity contribution in [1.82, 2.24) is 9.71 Å². The fourth-order valence-corrected chi connectivity index (χ4v) is 0.768. The van der Waals surface area contributed by atoms with Crippen LogP contribution in [-0.2, 0) is 6.42 Å². The zero-order valence-electron chi connectivity index (χ0n) is 6.01. The van der Waals surface area contributed by atoms with E-state index in [1.54, 1.807) is 0 Å². The molecule has 1 aromatic rings. The Kier molecular flexibility index (Phi) is 2.45. The standard InChI is InChI=1S/C6H11N3O2/c7-4-5(10)3-6-8-1-2-9(6)11/h1-2,5,10-11H,3-4,7H2. The molecule has 0 bridgehead atoms. The number of aromatic nitrogens is 2. The zero-order valence-corrected chi connectivity index (χ0v) is 6.01. The van der Waals surface area contributed by atoms with Gasteiger partial charge in [0.2, 0.25) is 0 Å². The number of hydrogen-bond donors (Lipinski definition) is 3. The van der Waals surface area contributed by atoms with Crippen molar-refractivity contribution in [2.75, 3.05) is 6.54 Å². The van der Waals surface area contributed by atoms with E-state index in [0.717, 1.165) is 4.73 Å². The van der Waals surface area contributed by atoms with Crippen molar-refractivity contribution in [3.8, 4) is 0 Å². The van der Waals surface area contributed by atoms with Crippen LogP contribution in [0.3, 0.4) is 0 Å². The molecule has 62 valence electrons. The topological polar surface area (TPSA) is 84.3 Å². The van der Waals surface area contributed by atoms with Crippen molar-refractivity contribution in [2.45, 2.75) is 12.5 Å². The smallest absolute Gasteiger partial charge is 0.147 e. The summed E-state index contributed by atoms with van der Waals surface area (Å²) in [5, 5.41) is 18.1. The van der Waals surface area contributed by atoms with Crippen molar-refractivity contribution in [3.05, 3.63) is 18.2 Å². The summed E-state index contributed by atoms with van der Waals surface area (Å²) in [6, 6.07) is 0. The molecule has 0 saturated heterocycles. The summed E-state index contributed by atoms with van der Waals surface area (Å²) in [5.74, 6) is 0.419. The average molecular weight is 157 g/mol. The van der Waals surface area contributed by atoms with Gasteiger partial charge in [-0.2, -0.15) is 4.73 Å². The minimum Gasteiger partial charge on any atom is -0.427 e. The lowest BCUT2D eigenvalue weighted by molar-refractivity contribution is 0.145. The first kappa shape index (κ1) is 8.03. The molecular formula is C6H11N3O2. The molecule has 0 aliphatic carbocycles. The van der Waals surface area contributed by atoms with Gasteiger partial charge in [0.1, 0.15) is 5.82 Å². The first-order valence-electron chi connectivity index (χ1n) is 3.33. The molecule has 1 aromatic heterocycles. The summed E-state index contributed by atoms with van der Waals surface area (Å²) in [4.78, 5) is 3.80. The molecule has 0 fully saturated rings. The highest BCUT2D eigenvalue weighted by Crippen LogP contribution is 1.97. The molecule has 0 amide bonds. The Morgan fingerprint density at radius 2 is 2.45 bits per heavy atom. The van der Waals surface area contributed by atoms with Gasteiger partial charge in [-0.15, -0.1) is 0 Å². The van der Waals surface area contributed by atoms with Gasteiger partial charge < -0.3 is 16.0 Å². The molecule has 11 heavy (non-hydrogen) atoms. The lowest BCUT2D eigenvalue weighted by Gasteiger charge is -2.05. The van der Waals surface area contributed by atoms with Gasteiger partial charge in [-0.1, -0.05) is 0 Å². The van der Waals surface area contributed by atoms with Crippen molar-refractivity contribution in [2.24, 2.45) is 5.73 Å². The van der Waals surface area contributed by atoms with E-state index in [2.05, 4.69) is 4.98 Å². The van der Waals surface area contributed by atoms with Crippen LogP contribution in [-0.4, -0.2) is 32.7 Å². The third kappa shape index (κ3) is 1.92. The van der Waals surface area contributed by atoms with Gasteiger partial charge >= 0.3 is 0 Å². The fraction of sp³-hybridized carbons (Fsp3) is 0.500. The molecule has 0 spiro atoms. The fourth-order valence-electron chi connectivity index (χ4n) is 0.768. The van der Waals surface area contributed by atoms with E-state index in [0.29, 0.717) is 5.82 Å². The van der Waals surface area contributed by atoms with E-state index in [9.17, 15) is 0 Å². The molecular weight excluding hydrogens is 146 g/mol. The molecule has 0 aliphatic heterocycles. The third-order valence-electron chi connectivity index (χ3n) is 1.39. The lowest BCUT2D eigenvalue weighted by atomic mass is 10.2. The lowest BCUT2D eigenvalue weighted by Crippen LogP contribution is -2.23. The average Bonchev–Trinajstić information content (AvgIpc) is 2.37. The van der Waals surface area contributed by atoms with Crippen LogP contribution in [0, 0.1) is 0 Å². The Bertz CT molecular complexity index is 223. The van der Waals surface area contributed by atoms with Gasteiger partial charge in [0.15, 0.2) is 0 Å². The van der Waals surface area contributed by atoms with Crippen LogP contribution in [0.4, 0.5) is 0 Å². The van der Waals surface area contributed by atoms with Crippen LogP contribution in [0.5, 0.6) is 0 Å². The molecule has 5 nitrogen and oxygen atoms in total. The normalized spacial score (nSPS) is 13.3.